The largest absolute Gasteiger partial charge is 0.495 e. The van der Waals surface area contributed by atoms with Crippen molar-refractivity contribution in [2.24, 2.45) is 0 Å². The van der Waals surface area contributed by atoms with Crippen molar-refractivity contribution in [3.8, 4) is 16.5 Å². The molecule has 1 aromatic carbocycles. The lowest BCUT2D eigenvalue weighted by molar-refractivity contribution is 0.415. The number of anilines is 1. The van der Waals surface area contributed by atoms with E-state index in [2.05, 4.69) is 9.97 Å². The Morgan fingerprint density at radius 3 is 2.75 bits per heavy atom. The second-order valence-corrected chi connectivity index (χ2v) is 5.62. The monoisotopic (exact) mass is 305 g/mol. The van der Waals surface area contributed by atoms with Crippen molar-refractivity contribution in [1.82, 2.24) is 9.97 Å². The maximum atomic E-state index is 6.35. The summed E-state index contributed by atoms with van der Waals surface area (Å²) < 4.78 is 5.24. The van der Waals surface area contributed by atoms with Gasteiger partial charge >= 0.3 is 0 Å². The summed E-state index contributed by atoms with van der Waals surface area (Å²) in [4.78, 5) is 8.87. The fourth-order valence-electron chi connectivity index (χ4n) is 2.08. The van der Waals surface area contributed by atoms with Gasteiger partial charge in [0.1, 0.15) is 27.3 Å². The zero-order valence-electron chi connectivity index (χ0n) is 11.0. The van der Waals surface area contributed by atoms with E-state index >= 15 is 0 Å². The van der Waals surface area contributed by atoms with Crippen molar-refractivity contribution in [3.63, 3.8) is 0 Å². The van der Waals surface area contributed by atoms with Gasteiger partial charge in [0.2, 0.25) is 0 Å². The third-order valence-corrected chi connectivity index (χ3v) is 4.30. The molecule has 0 saturated heterocycles. The van der Waals surface area contributed by atoms with Gasteiger partial charge in [-0.3, -0.25) is 0 Å². The molecule has 102 valence electrons. The summed E-state index contributed by atoms with van der Waals surface area (Å²) in [5, 5.41) is 4.10. The van der Waals surface area contributed by atoms with Crippen LogP contribution in [0, 0.1) is 6.92 Å². The van der Waals surface area contributed by atoms with E-state index in [4.69, 9.17) is 22.1 Å². The third-order valence-electron chi connectivity index (χ3n) is 3.05. The maximum absolute atomic E-state index is 6.35. The molecule has 0 atom stereocenters. The number of halogens is 1. The van der Waals surface area contributed by atoms with Gasteiger partial charge in [-0.25, -0.2) is 9.97 Å². The number of fused-ring (bicyclic) bond motifs is 1. The predicted molar refractivity (Wildman–Crippen MR) is 83.6 cm³/mol. The van der Waals surface area contributed by atoms with Crippen molar-refractivity contribution in [2.75, 3.05) is 12.8 Å². The average Bonchev–Trinajstić information content (AvgIpc) is 2.86. The second kappa shape index (κ2) is 4.92. The van der Waals surface area contributed by atoms with Crippen LogP contribution >= 0.6 is 22.9 Å². The van der Waals surface area contributed by atoms with E-state index in [-0.39, 0.29) is 0 Å². The van der Waals surface area contributed by atoms with E-state index in [1.54, 1.807) is 12.5 Å². The van der Waals surface area contributed by atoms with Gasteiger partial charge in [-0.1, -0.05) is 11.6 Å². The molecule has 0 aliphatic heterocycles. The smallest absolute Gasteiger partial charge is 0.144 e. The molecule has 0 saturated carbocycles. The Kier molecular flexibility index (Phi) is 3.23. The molecule has 0 unspecified atom stereocenters. The fourth-order valence-corrected chi connectivity index (χ4v) is 3.03. The molecule has 2 aromatic heterocycles. The van der Waals surface area contributed by atoms with Gasteiger partial charge in [-0.15, -0.1) is 11.3 Å². The number of pyridine rings is 1. The third kappa shape index (κ3) is 2.09. The van der Waals surface area contributed by atoms with Crippen LogP contribution in [0.25, 0.3) is 21.6 Å². The molecule has 20 heavy (non-hydrogen) atoms. The number of nitrogen functional groups attached to an aromatic ring is 1. The van der Waals surface area contributed by atoms with Gasteiger partial charge < -0.3 is 10.5 Å². The van der Waals surface area contributed by atoms with Crippen LogP contribution in [0.15, 0.2) is 23.6 Å². The molecular weight excluding hydrogens is 294 g/mol. The average molecular weight is 306 g/mol. The van der Waals surface area contributed by atoms with Crippen LogP contribution in [0.2, 0.25) is 5.02 Å². The molecule has 0 radical (unpaired) electrons. The van der Waals surface area contributed by atoms with Crippen molar-refractivity contribution in [2.45, 2.75) is 6.92 Å². The summed E-state index contributed by atoms with van der Waals surface area (Å²) in [5.41, 5.74) is 8.24. The van der Waals surface area contributed by atoms with E-state index in [9.17, 15) is 0 Å². The highest BCUT2D eigenvalue weighted by atomic mass is 35.5. The number of ether oxygens (including phenoxy) is 1. The predicted octanol–water partition coefficient (Wildman–Crippen LogP) is 3.91. The molecule has 0 spiro atoms. The van der Waals surface area contributed by atoms with Crippen molar-refractivity contribution >= 4 is 39.7 Å². The summed E-state index contributed by atoms with van der Waals surface area (Å²) in [6.45, 7) is 2.02. The number of aromatic nitrogens is 2. The van der Waals surface area contributed by atoms with E-state index in [0.717, 1.165) is 27.2 Å². The first-order valence-corrected chi connectivity index (χ1v) is 7.21. The Bertz CT molecular complexity index is 800. The van der Waals surface area contributed by atoms with Crippen molar-refractivity contribution < 1.29 is 4.74 Å². The molecular formula is C14H12ClN3OS. The minimum atomic E-state index is 0.501. The van der Waals surface area contributed by atoms with Crippen LogP contribution in [0.1, 0.15) is 5.56 Å². The molecule has 2 heterocycles. The summed E-state index contributed by atoms with van der Waals surface area (Å²) in [7, 11) is 1.59. The van der Waals surface area contributed by atoms with E-state index in [1.807, 2.05) is 25.1 Å². The topological polar surface area (TPSA) is 61.0 Å². The molecule has 4 nitrogen and oxygen atoms in total. The zero-order chi connectivity index (χ0) is 14.3. The summed E-state index contributed by atoms with van der Waals surface area (Å²) >= 11 is 7.81. The zero-order valence-corrected chi connectivity index (χ0v) is 12.5. The molecule has 0 amide bonds. The number of hydrogen-bond donors (Lipinski definition) is 1. The molecule has 0 fully saturated rings. The highest BCUT2D eigenvalue weighted by Crippen LogP contribution is 2.35. The molecule has 3 aromatic rings. The number of hydrogen-bond acceptors (Lipinski definition) is 5. The SMILES string of the molecule is COc1ccc2c(C)cc(-c3nc(N)cs3)nc2c1Cl. The molecule has 0 aliphatic carbocycles. The van der Waals surface area contributed by atoms with Gasteiger partial charge in [0.05, 0.1) is 12.6 Å². The number of nitrogens with zero attached hydrogens (tertiary/aromatic N) is 2. The lowest BCUT2D eigenvalue weighted by Crippen LogP contribution is -1.92. The molecule has 0 bridgehead atoms. The van der Waals surface area contributed by atoms with Crippen molar-refractivity contribution in [1.29, 1.82) is 0 Å². The Morgan fingerprint density at radius 2 is 2.10 bits per heavy atom. The standard InChI is InChI=1S/C14H12ClN3OS/c1-7-5-9(14-18-11(16)6-20-14)17-13-8(7)3-4-10(19-2)12(13)15/h3-6H,16H2,1-2H3. The Hall–Kier alpha value is -1.85. The number of rotatable bonds is 2. The minimum Gasteiger partial charge on any atom is -0.495 e. The molecule has 0 aliphatic rings. The van der Waals surface area contributed by atoms with Gasteiger partial charge in [-0.05, 0) is 30.7 Å². The molecule has 6 heteroatoms. The summed E-state index contributed by atoms with van der Waals surface area (Å²) in [5.74, 6) is 1.11. The number of benzene rings is 1. The van der Waals surface area contributed by atoms with Crippen LogP contribution in [0.3, 0.4) is 0 Å². The highest BCUT2D eigenvalue weighted by Gasteiger charge is 2.13. The Morgan fingerprint density at radius 1 is 1.30 bits per heavy atom. The van der Waals surface area contributed by atoms with Gasteiger partial charge in [0.25, 0.3) is 0 Å². The van der Waals surface area contributed by atoms with Crippen LogP contribution in [-0.4, -0.2) is 17.1 Å². The summed E-state index contributed by atoms with van der Waals surface area (Å²) in [6.07, 6.45) is 0. The summed E-state index contributed by atoms with van der Waals surface area (Å²) in [6, 6.07) is 5.80. The van der Waals surface area contributed by atoms with E-state index in [0.29, 0.717) is 16.6 Å². The van der Waals surface area contributed by atoms with Crippen LogP contribution in [0.4, 0.5) is 5.82 Å². The number of nitrogens with two attached hydrogens (primary N) is 1. The number of aryl methyl sites for hydroxylation is 1. The van der Waals surface area contributed by atoms with E-state index in [1.165, 1.54) is 11.3 Å². The first-order valence-electron chi connectivity index (χ1n) is 5.95. The van der Waals surface area contributed by atoms with Crippen molar-refractivity contribution in [3.05, 3.63) is 34.2 Å². The lowest BCUT2D eigenvalue weighted by Gasteiger charge is -2.09. The fraction of sp³-hybridized carbons (Fsp3) is 0.143. The molecule has 3 rings (SSSR count). The lowest BCUT2D eigenvalue weighted by atomic mass is 10.1. The number of thiazole rings is 1. The maximum Gasteiger partial charge on any atom is 0.144 e. The van der Waals surface area contributed by atoms with Gasteiger partial charge in [0, 0.05) is 10.8 Å². The van der Waals surface area contributed by atoms with Crippen LogP contribution in [-0.2, 0) is 0 Å². The second-order valence-electron chi connectivity index (χ2n) is 4.38. The normalized spacial score (nSPS) is 10.9. The number of methoxy groups -OCH3 is 1. The Balaban J connectivity index is 2.29. The highest BCUT2D eigenvalue weighted by molar-refractivity contribution is 7.13. The van der Waals surface area contributed by atoms with Gasteiger partial charge in [-0.2, -0.15) is 0 Å². The van der Waals surface area contributed by atoms with Crippen LogP contribution < -0.4 is 10.5 Å². The first-order chi connectivity index (χ1) is 9.60. The van der Waals surface area contributed by atoms with E-state index < -0.39 is 0 Å². The first kappa shape index (κ1) is 13.1. The Labute approximate surface area is 125 Å². The minimum absolute atomic E-state index is 0.501. The van der Waals surface area contributed by atoms with Crippen LogP contribution in [0.5, 0.6) is 5.75 Å². The van der Waals surface area contributed by atoms with Gasteiger partial charge in [0.15, 0.2) is 0 Å². The molecule has 2 N–H and O–H groups in total. The quantitative estimate of drug-likeness (QED) is 0.779.